The van der Waals surface area contributed by atoms with Crippen LogP contribution in [0.1, 0.15) is 12.0 Å². The van der Waals surface area contributed by atoms with E-state index < -0.39 is 5.97 Å². The van der Waals surface area contributed by atoms with Gasteiger partial charge in [0, 0.05) is 36.8 Å². The predicted octanol–water partition coefficient (Wildman–Crippen LogP) is 3.12. The number of aliphatic carboxylic acids is 1. The number of benzene rings is 1. The average Bonchev–Trinajstić information content (AvgIpc) is 3.26. The van der Waals surface area contributed by atoms with Crippen molar-refractivity contribution in [1.82, 2.24) is 15.0 Å². The number of thiazole rings is 1. The first-order valence-electron chi connectivity index (χ1n) is 8.78. The molecule has 0 amide bonds. The molecular formula is C19H21N5O4S. The second-order valence-corrected chi connectivity index (χ2v) is 6.84. The second-order valence-electron chi connectivity index (χ2n) is 5.94. The standard InChI is InChI=1S/C19H21N5O4S/c1-27-13-7-12(8-14(9-13)28-2)11-22-16-10-15(18-20-5-6-29-18)23-19(24-16)21-4-3-17(25)26/h5-10H,3-4,11H2,1-2H3,(H,25,26)(H2,21,22,23,24). The van der Waals surface area contributed by atoms with Gasteiger partial charge in [-0.3, -0.25) is 4.79 Å². The van der Waals surface area contributed by atoms with E-state index in [1.165, 1.54) is 11.3 Å². The highest BCUT2D eigenvalue weighted by Crippen LogP contribution is 2.25. The number of nitrogens with one attached hydrogen (secondary N) is 2. The monoisotopic (exact) mass is 415 g/mol. The fraction of sp³-hybridized carbons (Fsp3) is 0.263. The van der Waals surface area contributed by atoms with Gasteiger partial charge >= 0.3 is 5.97 Å². The molecule has 2 heterocycles. The molecular weight excluding hydrogens is 394 g/mol. The smallest absolute Gasteiger partial charge is 0.305 e. The van der Waals surface area contributed by atoms with Crippen LogP contribution in [0.5, 0.6) is 11.5 Å². The molecule has 0 aliphatic heterocycles. The van der Waals surface area contributed by atoms with Crippen molar-refractivity contribution in [3.05, 3.63) is 41.4 Å². The lowest BCUT2D eigenvalue weighted by molar-refractivity contribution is -0.136. The summed E-state index contributed by atoms with van der Waals surface area (Å²) < 4.78 is 10.6. The average molecular weight is 415 g/mol. The SMILES string of the molecule is COc1cc(CNc2cc(-c3nccs3)nc(NCCC(=O)O)n2)cc(OC)c1. The molecule has 0 atom stereocenters. The van der Waals surface area contributed by atoms with E-state index in [-0.39, 0.29) is 13.0 Å². The van der Waals surface area contributed by atoms with Gasteiger partial charge in [0.05, 0.1) is 20.6 Å². The van der Waals surface area contributed by atoms with Gasteiger partial charge in [-0.1, -0.05) is 0 Å². The third kappa shape index (κ3) is 5.79. The molecule has 0 radical (unpaired) electrons. The number of carboxylic acids is 1. The first kappa shape index (κ1) is 20.3. The number of rotatable bonds is 10. The van der Waals surface area contributed by atoms with Crippen molar-refractivity contribution < 1.29 is 19.4 Å². The molecule has 3 aromatic rings. The van der Waals surface area contributed by atoms with E-state index in [4.69, 9.17) is 14.6 Å². The summed E-state index contributed by atoms with van der Waals surface area (Å²) in [4.78, 5) is 23.9. The first-order chi connectivity index (χ1) is 14.1. The first-order valence-corrected chi connectivity index (χ1v) is 9.66. The topological polar surface area (TPSA) is 118 Å². The summed E-state index contributed by atoms with van der Waals surface area (Å²) in [5.74, 6) is 1.43. The lowest BCUT2D eigenvalue weighted by Crippen LogP contribution is -2.11. The molecule has 0 bridgehead atoms. The number of carbonyl (C=O) groups is 1. The minimum atomic E-state index is -0.890. The highest BCUT2D eigenvalue weighted by atomic mass is 32.1. The van der Waals surface area contributed by atoms with Crippen LogP contribution in [0.25, 0.3) is 10.7 Å². The molecule has 10 heteroatoms. The predicted molar refractivity (Wildman–Crippen MR) is 111 cm³/mol. The van der Waals surface area contributed by atoms with Crippen molar-refractivity contribution in [3.63, 3.8) is 0 Å². The summed E-state index contributed by atoms with van der Waals surface area (Å²) in [6, 6.07) is 7.42. The molecule has 29 heavy (non-hydrogen) atoms. The molecule has 0 saturated carbocycles. The summed E-state index contributed by atoms with van der Waals surface area (Å²) in [6.45, 7) is 0.708. The number of aromatic nitrogens is 3. The third-order valence-electron chi connectivity index (χ3n) is 3.88. The Bertz CT molecular complexity index is 943. The van der Waals surface area contributed by atoms with Gasteiger partial charge in [0.15, 0.2) is 0 Å². The summed E-state index contributed by atoms with van der Waals surface area (Å²) >= 11 is 1.46. The number of carboxylic acid groups (broad SMARTS) is 1. The maximum Gasteiger partial charge on any atom is 0.305 e. The maximum absolute atomic E-state index is 10.8. The van der Waals surface area contributed by atoms with Crippen LogP contribution >= 0.6 is 11.3 Å². The number of hydrogen-bond acceptors (Lipinski definition) is 9. The van der Waals surface area contributed by atoms with E-state index >= 15 is 0 Å². The van der Waals surface area contributed by atoms with Crippen LogP contribution in [0, 0.1) is 0 Å². The largest absolute Gasteiger partial charge is 0.497 e. The summed E-state index contributed by atoms with van der Waals surface area (Å²) in [6.07, 6.45) is 1.67. The van der Waals surface area contributed by atoms with Crippen molar-refractivity contribution in [2.75, 3.05) is 31.4 Å². The molecule has 9 nitrogen and oxygen atoms in total. The van der Waals surface area contributed by atoms with Gasteiger partial charge in [-0.2, -0.15) is 4.98 Å². The van der Waals surface area contributed by atoms with E-state index in [2.05, 4.69) is 25.6 Å². The van der Waals surface area contributed by atoms with E-state index in [1.54, 1.807) is 32.5 Å². The van der Waals surface area contributed by atoms with E-state index in [0.29, 0.717) is 35.5 Å². The van der Waals surface area contributed by atoms with Gasteiger partial charge in [0.1, 0.15) is 28.0 Å². The molecule has 0 saturated heterocycles. The maximum atomic E-state index is 10.8. The van der Waals surface area contributed by atoms with Crippen molar-refractivity contribution >= 4 is 29.1 Å². The summed E-state index contributed by atoms with van der Waals surface area (Å²) in [7, 11) is 3.21. The minimum absolute atomic E-state index is 0.0305. The number of anilines is 2. The van der Waals surface area contributed by atoms with Crippen LogP contribution in [0.4, 0.5) is 11.8 Å². The Morgan fingerprint density at radius 1 is 1.10 bits per heavy atom. The fourth-order valence-electron chi connectivity index (χ4n) is 2.52. The lowest BCUT2D eigenvalue weighted by atomic mass is 10.2. The molecule has 152 valence electrons. The zero-order valence-corrected chi connectivity index (χ0v) is 16.8. The Morgan fingerprint density at radius 3 is 2.48 bits per heavy atom. The molecule has 2 aromatic heterocycles. The minimum Gasteiger partial charge on any atom is -0.497 e. The molecule has 0 spiro atoms. The molecule has 0 aliphatic rings. The molecule has 1 aromatic carbocycles. The molecule has 0 unspecified atom stereocenters. The van der Waals surface area contributed by atoms with Crippen molar-refractivity contribution in [2.24, 2.45) is 0 Å². The van der Waals surface area contributed by atoms with Crippen molar-refractivity contribution in [3.8, 4) is 22.2 Å². The Morgan fingerprint density at radius 2 is 1.86 bits per heavy atom. The zero-order valence-electron chi connectivity index (χ0n) is 16.0. The van der Waals surface area contributed by atoms with Crippen molar-refractivity contribution in [1.29, 1.82) is 0 Å². The van der Waals surface area contributed by atoms with Gasteiger partial charge in [0.2, 0.25) is 5.95 Å². The lowest BCUT2D eigenvalue weighted by Gasteiger charge is -2.12. The number of nitrogens with zero attached hydrogens (tertiary/aromatic N) is 3. The van der Waals surface area contributed by atoms with E-state index in [0.717, 1.165) is 10.6 Å². The van der Waals surface area contributed by atoms with Gasteiger partial charge in [0.25, 0.3) is 0 Å². The Balaban J connectivity index is 1.80. The fourth-order valence-corrected chi connectivity index (χ4v) is 3.12. The molecule has 0 fully saturated rings. The number of ether oxygens (including phenoxy) is 2. The van der Waals surface area contributed by atoms with Gasteiger partial charge < -0.3 is 25.2 Å². The molecule has 0 aliphatic carbocycles. The van der Waals surface area contributed by atoms with Crippen LogP contribution in [0.15, 0.2) is 35.8 Å². The van der Waals surface area contributed by atoms with Crippen LogP contribution in [0.2, 0.25) is 0 Å². The quantitative estimate of drug-likeness (QED) is 0.459. The number of hydrogen-bond donors (Lipinski definition) is 3. The van der Waals surface area contributed by atoms with Crippen molar-refractivity contribution in [2.45, 2.75) is 13.0 Å². The third-order valence-corrected chi connectivity index (χ3v) is 4.68. The van der Waals surface area contributed by atoms with Crippen LogP contribution in [-0.2, 0) is 11.3 Å². The zero-order chi connectivity index (χ0) is 20.6. The van der Waals surface area contributed by atoms with Gasteiger partial charge in [-0.25, -0.2) is 9.97 Å². The summed E-state index contributed by atoms with van der Waals surface area (Å²) in [5, 5.41) is 17.7. The van der Waals surface area contributed by atoms with E-state index in [9.17, 15) is 4.79 Å². The number of methoxy groups -OCH3 is 2. The van der Waals surface area contributed by atoms with Crippen LogP contribution in [-0.4, -0.2) is 46.8 Å². The van der Waals surface area contributed by atoms with Gasteiger partial charge in [-0.15, -0.1) is 11.3 Å². The van der Waals surface area contributed by atoms with E-state index in [1.807, 2.05) is 17.5 Å². The highest BCUT2D eigenvalue weighted by Gasteiger charge is 2.10. The normalized spacial score (nSPS) is 10.4. The Labute approximate surface area is 171 Å². The molecule has 3 N–H and O–H groups in total. The summed E-state index contributed by atoms with van der Waals surface area (Å²) in [5.41, 5.74) is 1.61. The van der Waals surface area contributed by atoms with Crippen LogP contribution < -0.4 is 20.1 Å². The Hall–Kier alpha value is -3.40. The highest BCUT2D eigenvalue weighted by molar-refractivity contribution is 7.13. The second kappa shape index (κ2) is 9.69. The molecule has 3 rings (SSSR count). The van der Waals surface area contributed by atoms with Gasteiger partial charge in [-0.05, 0) is 17.7 Å². The van der Waals surface area contributed by atoms with Crippen LogP contribution in [0.3, 0.4) is 0 Å². The Kier molecular flexibility index (Phi) is 6.80.